The van der Waals surface area contributed by atoms with Gasteiger partial charge in [0.15, 0.2) is 0 Å². The Morgan fingerprint density at radius 1 is 1.35 bits per heavy atom. The van der Waals surface area contributed by atoms with Gasteiger partial charge in [-0.1, -0.05) is 6.07 Å². The molecule has 1 aliphatic heterocycles. The molecule has 6 heteroatoms. The minimum atomic E-state index is -0.130. The number of H-pyrrole nitrogens is 1. The lowest BCUT2D eigenvalue weighted by Crippen LogP contribution is -2.29. The van der Waals surface area contributed by atoms with Crippen molar-refractivity contribution >= 4 is 22.6 Å². The number of fused-ring (bicyclic) bond motifs is 2. The highest BCUT2D eigenvalue weighted by atomic mass is 16.1. The molecule has 0 bridgehead atoms. The first kappa shape index (κ1) is 13.9. The van der Waals surface area contributed by atoms with Gasteiger partial charge in [0.25, 0.3) is 5.91 Å². The molecule has 0 spiro atoms. The number of para-hydroxylation sites is 1. The molecule has 1 aromatic carbocycles. The van der Waals surface area contributed by atoms with Gasteiger partial charge in [0, 0.05) is 25.5 Å². The number of hydrogen-bond acceptors (Lipinski definition) is 4. The molecule has 0 saturated heterocycles. The van der Waals surface area contributed by atoms with Crippen molar-refractivity contribution < 1.29 is 4.79 Å². The average molecular weight is 307 g/mol. The van der Waals surface area contributed by atoms with Crippen LogP contribution in [0.3, 0.4) is 0 Å². The first-order valence-corrected chi connectivity index (χ1v) is 7.60. The summed E-state index contributed by atoms with van der Waals surface area (Å²) in [7, 11) is 2.08. The van der Waals surface area contributed by atoms with Crippen molar-refractivity contribution in [2.45, 2.75) is 13.0 Å². The highest BCUT2D eigenvalue weighted by molar-refractivity contribution is 6.08. The maximum absolute atomic E-state index is 12.7. The van der Waals surface area contributed by atoms with Gasteiger partial charge in [-0.3, -0.25) is 9.78 Å². The van der Waals surface area contributed by atoms with Crippen LogP contribution in [0.4, 0.5) is 5.69 Å². The SMILES string of the molecule is CN1CCc2c(cncc2C(=O)Nc2cccc3[nH]cnc23)C1. The van der Waals surface area contributed by atoms with E-state index in [1.54, 1.807) is 12.5 Å². The smallest absolute Gasteiger partial charge is 0.257 e. The lowest BCUT2D eigenvalue weighted by atomic mass is 9.97. The highest BCUT2D eigenvalue weighted by Crippen LogP contribution is 2.24. The van der Waals surface area contributed by atoms with E-state index in [0.717, 1.165) is 41.7 Å². The van der Waals surface area contributed by atoms with Crippen molar-refractivity contribution in [1.82, 2.24) is 19.9 Å². The van der Waals surface area contributed by atoms with Gasteiger partial charge in [0.2, 0.25) is 0 Å². The summed E-state index contributed by atoms with van der Waals surface area (Å²) in [6.07, 6.45) is 6.01. The van der Waals surface area contributed by atoms with Crippen LogP contribution in [0.25, 0.3) is 11.0 Å². The number of carbonyl (C=O) groups is 1. The number of hydrogen-bond donors (Lipinski definition) is 2. The zero-order valence-electron chi connectivity index (χ0n) is 12.8. The second kappa shape index (κ2) is 5.48. The van der Waals surface area contributed by atoms with Crippen molar-refractivity contribution in [2.24, 2.45) is 0 Å². The molecule has 2 aromatic heterocycles. The summed E-state index contributed by atoms with van der Waals surface area (Å²) < 4.78 is 0. The number of imidazole rings is 1. The van der Waals surface area contributed by atoms with Gasteiger partial charge in [-0.05, 0) is 36.7 Å². The van der Waals surface area contributed by atoms with Crippen LogP contribution in [-0.4, -0.2) is 39.4 Å². The summed E-state index contributed by atoms with van der Waals surface area (Å²) in [6, 6.07) is 5.68. The van der Waals surface area contributed by atoms with Crippen LogP contribution in [0.1, 0.15) is 21.5 Å². The Morgan fingerprint density at radius 3 is 3.17 bits per heavy atom. The lowest BCUT2D eigenvalue weighted by Gasteiger charge is -2.26. The van der Waals surface area contributed by atoms with E-state index in [1.807, 2.05) is 24.4 Å². The average Bonchev–Trinajstić information content (AvgIpc) is 3.03. The Balaban J connectivity index is 1.68. The van der Waals surface area contributed by atoms with E-state index in [9.17, 15) is 4.79 Å². The lowest BCUT2D eigenvalue weighted by molar-refractivity contribution is 0.102. The van der Waals surface area contributed by atoms with Gasteiger partial charge in [-0.2, -0.15) is 0 Å². The molecule has 1 aliphatic rings. The topological polar surface area (TPSA) is 73.9 Å². The molecule has 0 saturated carbocycles. The number of rotatable bonds is 2. The number of benzene rings is 1. The molecule has 23 heavy (non-hydrogen) atoms. The standard InChI is InChI=1S/C17H17N5O/c1-22-6-5-12-11(9-22)7-18-8-13(12)17(23)21-15-4-2-3-14-16(15)20-10-19-14/h2-4,7-8,10H,5-6,9H2,1H3,(H,19,20)(H,21,23). The van der Waals surface area contributed by atoms with E-state index in [1.165, 1.54) is 0 Å². The first-order valence-electron chi connectivity index (χ1n) is 7.60. The minimum absolute atomic E-state index is 0.130. The second-order valence-electron chi connectivity index (χ2n) is 5.87. The summed E-state index contributed by atoms with van der Waals surface area (Å²) >= 11 is 0. The molecule has 1 amide bonds. The van der Waals surface area contributed by atoms with Gasteiger partial charge in [0.05, 0.1) is 23.1 Å². The molecule has 0 fully saturated rings. The first-order chi connectivity index (χ1) is 11.2. The maximum atomic E-state index is 12.7. The number of anilines is 1. The van der Waals surface area contributed by atoms with E-state index in [2.05, 4.69) is 32.2 Å². The Morgan fingerprint density at radius 2 is 2.26 bits per heavy atom. The largest absolute Gasteiger partial charge is 0.345 e. The molecule has 0 aliphatic carbocycles. The van der Waals surface area contributed by atoms with Crippen molar-refractivity contribution in [3.63, 3.8) is 0 Å². The van der Waals surface area contributed by atoms with E-state index < -0.39 is 0 Å². The van der Waals surface area contributed by atoms with Gasteiger partial charge in [-0.25, -0.2) is 4.98 Å². The second-order valence-corrected chi connectivity index (χ2v) is 5.87. The molecule has 3 aromatic rings. The van der Waals surface area contributed by atoms with E-state index in [-0.39, 0.29) is 5.91 Å². The Labute approximate surface area is 133 Å². The van der Waals surface area contributed by atoms with Crippen LogP contribution in [0.5, 0.6) is 0 Å². The van der Waals surface area contributed by atoms with Crippen molar-refractivity contribution in [2.75, 3.05) is 18.9 Å². The number of aromatic amines is 1. The summed E-state index contributed by atoms with van der Waals surface area (Å²) in [6.45, 7) is 1.78. The quantitative estimate of drug-likeness (QED) is 0.761. The number of nitrogens with one attached hydrogen (secondary N) is 2. The number of pyridine rings is 1. The molecule has 0 atom stereocenters. The van der Waals surface area contributed by atoms with Gasteiger partial charge >= 0.3 is 0 Å². The number of nitrogens with zero attached hydrogens (tertiary/aromatic N) is 3. The molecule has 6 nitrogen and oxygen atoms in total. The van der Waals surface area contributed by atoms with Crippen LogP contribution < -0.4 is 5.32 Å². The monoisotopic (exact) mass is 307 g/mol. The Hall–Kier alpha value is -2.73. The van der Waals surface area contributed by atoms with E-state index in [4.69, 9.17) is 0 Å². The molecule has 0 unspecified atom stereocenters. The fourth-order valence-corrected chi connectivity index (χ4v) is 3.09. The summed E-state index contributed by atoms with van der Waals surface area (Å²) in [4.78, 5) is 26.5. The van der Waals surface area contributed by atoms with Crippen LogP contribution in [0, 0.1) is 0 Å². The molecule has 3 heterocycles. The molecule has 0 radical (unpaired) electrons. The van der Waals surface area contributed by atoms with Crippen LogP contribution >= 0.6 is 0 Å². The van der Waals surface area contributed by atoms with E-state index >= 15 is 0 Å². The van der Waals surface area contributed by atoms with Crippen LogP contribution in [-0.2, 0) is 13.0 Å². The molecule has 116 valence electrons. The number of likely N-dealkylation sites (N-methyl/N-ethyl adjacent to an activating group) is 1. The van der Waals surface area contributed by atoms with Crippen molar-refractivity contribution in [1.29, 1.82) is 0 Å². The van der Waals surface area contributed by atoms with Gasteiger partial charge in [-0.15, -0.1) is 0 Å². The molecular formula is C17H17N5O. The van der Waals surface area contributed by atoms with Gasteiger partial charge in [0.1, 0.15) is 5.52 Å². The fourth-order valence-electron chi connectivity index (χ4n) is 3.09. The summed E-state index contributed by atoms with van der Waals surface area (Å²) in [5.41, 5.74) is 5.26. The maximum Gasteiger partial charge on any atom is 0.257 e. The van der Waals surface area contributed by atoms with E-state index in [0.29, 0.717) is 11.3 Å². The van der Waals surface area contributed by atoms with Crippen LogP contribution in [0.15, 0.2) is 36.9 Å². The zero-order chi connectivity index (χ0) is 15.8. The molecular weight excluding hydrogens is 290 g/mol. The van der Waals surface area contributed by atoms with Crippen LogP contribution in [0.2, 0.25) is 0 Å². The predicted molar refractivity (Wildman–Crippen MR) is 88.3 cm³/mol. The number of amides is 1. The Kier molecular flexibility index (Phi) is 3.31. The summed E-state index contributed by atoms with van der Waals surface area (Å²) in [5, 5.41) is 2.97. The zero-order valence-corrected chi connectivity index (χ0v) is 12.8. The Bertz CT molecular complexity index is 886. The third-order valence-electron chi connectivity index (χ3n) is 4.27. The molecule has 4 rings (SSSR count). The van der Waals surface area contributed by atoms with Crippen molar-refractivity contribution in [3.8, 4) is 0 Å². The highest BCUT2D eigenvalue weighted by Gasteiger charge is 2.21. The normalized spacial score (nSPS) is 14.7. The minimum Gasteiger partial charge on any atom is -0.345 e. The molecule has 2 N–H and O–H groups in total. The van der Waals surface area contributed by atoms with Gasteiger partial charge < -0.3 is 15.2 Å². The third kappa shape index (κ3) is 2.47. The number of carbonyl (C=O) groups excluding carboxylic acids is 1. The summed E-state index contributed by atoms with van der Waals surface area (Å²) in [5.74, 6) is -0.130. The third-order valence-corrected chi connectivity index (χ3v) is 4.27. The number of aromatic nitrogens is 3. The predicted octanol–water partition coefficient (Wildman–Crippen LogP) is 2.20. The fraction of sp³-hybridized carbons (Fsp3) is 0.235. The van der Waals surface area contributed by atoms with Crippen molar-refractivity contribution in [3.05, 3.63) is 53.6 Å².